The standard InChI is InChI=1S/C15H17ClN2O2S/c1-10-11(2)21-15(18(10)8-9-20-3)17-14(19)12-6-4-5-7-13(12)16/h4-7H,8-9H2,1-3H3. The molecule has 4 nitrogen and oxygen atoms in total. The number of methoxy groups -OCH3 is 1. The van der Waals surface area contributed by atoms with Crippen LogP contribution in [0.15, 0.2) is 29.3 Å². The van der Waals surface area contributed by atoms with E-state index < -0.39 is 0 Å². The van der Waals surface area contributed by atoms with Gasteiger partial charge in [0, 0.05) is 24.2 Å². The molecule has 0 radical (unpaired) electrons. The van der Waals surface area contributed by atoms with Gasteiger partial charge in [-0.3, -0.25) is 4.79 Å². The first kappa shape index (κ1) is 15.9. The molecule has 1 amide bonds. The monoisotopic (exact) mass is 324 g/mol. The number of benzene rings is 1. The van der Waals surface area contributed by atoms with Crippen LogP contribution in [0.5, 0.6) is 0 Å². The molecule has 0 saturated heterocycles. The second-order valence-corrected chi connectivity index (χ2v) is 6.16. The van der Waals surface area contributed by atoms with Gasteiger partial charge in [-0.1, -0.05) is 23.7 Å². The fourth-order valence-corrected chi connectivity index (χ4v) is 3.13. The van der Waals surface area contributed by atoms with Crippen LogP contribution >= 0.6 is 22.9 Å². The molecule has 2 rings (SSSR count). The van der Waals surface area contributed by atoms with Crippen molar-refractivity contribution in [2.45, 2.75) is 20.4 Å². The van der Waals surface area contributed by atoms with E-state index in [0.29, 0.717) is 28.5 Å². The molecule has 1 heterocycles. The number of carbonyl (C=O) groups is 1. The number of carbonyl (C=O) groups excluding carboxylic acids is 1. The van der Waals surface area contributed by atoms with E-state index in [1.807, 2.05) is 18.4 Å². The van der Waals surface area contributed by atoms with Gasteiger partial charge >= 0.3 is 0 Å². The Balaban J connectivity index is 2.43. The molecule has 0 fully saturated rings. The van der Waals surface area contributed by atoms with Crippen LogP contribution < -0.4 is 4.80 Å². The van der Waals surface area contributed by atoms with Gasteiger partial charge in [0.25, 0.3) is 5.91 Å². The van der Waals surface area contributed by atoms with Crippen LogP contribution in [-0.2, 0) is 11.3 Å². The van der Waals surface area contributed by atoms with Gasteiger partial charge in [0.1, 0.15) is 0 Å². The van der Waals surface area contributed by atoms with Crippen molar-refractivity contribution in [1.82, 2.24) is 4.57 Å². The average molecular weight is 325 g/mol. The minimum Gasteiger partial charge on any atom is -0.383 e. The zero-order valence-corrected chi connectivity index (χ0v) is 13.8. The Bertz CT molecular complexity index is 719. The topological polar surface area (TPSA) is 43.6 Å². The second-order valence-electron chi connectivity index (χ2n) is 4.57. The molecule has 21 heavy (non-hydrogen) atoms. The summed E-state index contributed by atoms with van der Waals surface area (Å²) in [5, 5.41) is 0.416. The summed E-state index contributed by atoms with van der Waals surface area (Å²) < 4.78 is 7.11. The zero-order chi connectivity index (χ0) is 15.4. The molecule has 1 aromatic heterocycles. The summed E-state index contributed by atoms with van der Waals surface area (Å²) in [6.07, 6.45) is 0. The van der Waals surface area contributed by atoms with Crippen molar-refractivity contribution in [2.24, 2.45) is 4.99 Å². The van der Waals surface area contributed by atoms with E-state index in [2.05, 4.69) is 4.99 Å². The maximum absolute atomic E-state index is 12.3. The number of rotatable bonds is 4. The van der Waals surface area contributed by atoms with Gasteiger partial charge in [0.15, 0.2) is 4.80 Å². The molecule has 0 aliphatic rings. The fourth-order valence-electron chi connectivity index (χ4n) is 1.91. The number of hydrogen-bond acceptors (Lipinski definition) is 3. The van der Waals surface area contributed by atoms with E-state index in [1.54, 1.807) is 31.4 Å². The molecule has 0 saturated carbocycles. The van der Waals surface area contributed by atoms with E-state index in [1.165, 1.54) is 11.3 Å². The molecule has 0 aliphatic heterocycles. The number of thiazole rings is 1. The Morgan fingerprint density at radius 1 is 1.38 bits per heavy atom. The summed E-state index contributed by atoms with van der Waals surface area (Å²) in [4.78, 5) is 18.3. The highest BCUT2D eigenvalue weighted by Gasteiger charge is 2.11. The van der Waals surface area contributed by atoms with Crippen molar-refractivity contribution in [3.05, 3.63) is 50.2 Å². The molecule has 0 unspecified atom stereocenters. The third kappa shape index (κ3) is 3.61. The maximum Gasteiger partial charge on any atom is 0.281 e. The minimum absolute atomic E-state index is 0.326. The molecule has 0 bridgehead atoms. The third-order valence-corrected chi connectivity index (χ3v) is 4.64. The quantitative estimate of drug-likeness (QED) is 0.866. The highest BCUT2D eigenvalue weighted by molar-refractivity contribution is 7.09. The summed E-state index contributed by atoms with van der Waals surface area (Å²) >= 11 is 7.54. The Morgan fingerprint density at radius 2 is 2.10 bits per heavy atom. The van der Waals surface area contributed by atoms with Crippen LogP contribution in [0, 0.1) is 13.8 Å². The van der Waals surface area contributed by atoms with Crippen molar-refractivity contribution >= 4 is 28.8 Å². The Hall–Kier alpha value is -1.43. The number of amides is 1. The Labute approximate surface area is 132 Å². The van der Waals surface area contributed by atoms with E-state index in [9.17, 15) is 4.79 Å². The van der Waals surface area contributed by atoms with Crippen molar-refractivity contribution in [1.29, 1.82) is 0 Å². The highest BCUT2D eigenvalue weighted by atomic mass is 35.5. The maximum atomic E-state index is 12.3. The number of aromatic nitrogens is 1. The van der Waals surface area contributed by atoms with Crippen LogP contribution in [0.1, 0.15) is 20.9 Å². The van der Waals surface area contributed by atoms with Crippen molar-refractivity contribution in [3.63, 3.8) is 0 Å². The number of ether oxygens (including phenoxy) is 1. The van der Waals surface area contributed by atoms with Crippen LogP contribution in [0.4, 0.5) is 0 Å². The van der Waals surface area contributed by atoms with E-state index >= 15 is 0 Å². The molecule has 0 spiro atoms. The lowest BCUT2D eigenvalue weighted by atomic mass is 10.2. The van der Waals surface area contributed by atoms with Gasteiger partial charge in [-0.25, -0.2) is 0 Å². The molecule has 6 heteroatoms. The lowest BCUT2D eigenvalue weighted by Gasteiger charge is -2.05. The molecular formula is C15H17ClN2O2S. The molecule has 0 N–H and O–H groups in total. The molecule has 1 aromatic carbocycles. The normalized spacial score (nSPS) is 11.9. The van der Waals surface area contributed by atoms with Crippen molar-refractivity contribution in [3.8, 4) is 0 Å². The summed E-state index contributed by atoms with van der Waals surface area (Å²) in [5.74, 6) is -0.326. The van der Waals surface area contributed by atoms with E-state index in [-0.39, 0.29) is 5.91 Å². The molecule has 112 valence electrons. The Morgan fingerprint density at radius 3 is 2.76 bits per heavy atom. The van der Waals surface area contributed by atoms with E-state index in [0.717, 1.165) is 10.6 Å². The summed E-state index contributed by atoms with van der Waals surface area (Å²) in [6, 6.07) is 6.94. The smallest absolute Gasteiger partial charge is 0.281 e. The van der Waals surface area contributed by atoms with Crippen molar-refractivity contribution in [2.75, 3.05) is 13.7 Å². The summed E-state index contributed by atoms with van der Waals surface area (Å²) in [6.45, 7) is 5.27. The molecule has 2 aromatic rings. The molecule has 0 aliphatic carbocycles. The largest absolute Gasteiger partial charge is 0.383 e. The van der Waals surface area contributed by atoms with Crippen LogP contribution in [-0.4, -0.2) is 24.2 Å². The Kier molecular flexibility index (Phi) is 5.33. The van der Waals surface area contributed by atoms with Gasteiger partial charge in [0.2, 0.25) is 0 Å². The molecular weight excluding hydrogens is 308 g/mol. The average Bonchev–Trinajstić information content (AvgIpc) is 2.72. The number of halogens is 1. The second kappa shape index (κ2) is 7.02. The number of hydrogen-bond donors (Lipinski definition) is 0. The SMILES string of the molecule is COCCn1c(C)c(C)sc1=NC(=O)c1ccccc1Cl. The summed E-state index contributed by atoms with van der Waals surface area (Å²) in [7, 11) is 1.65. The fraction of sp³-hybridized carbons (Fsp3) is 0.333. The van der Waals surface area contributed by atoms with Crippen LogP contribution in [0.2, 0.25) is 5.02 Å². The van der Waals surface area contributed by atoms with Crippen LogP contribution in [0.25, 0.3) is 0 Å². The summed E-state index contributed by atoms with van der Waals surface area (Å²) in [5.41, 5.74) is 1.52. The van der Waals surface area contributed by atoms with E-state index in [4.69, 9.17) is 16.3 Å². The van der Waals surface area contributed by atoms with Crippen molar-refractivity contribution < 1.29 is 9.53 Å². The van der Waals surface area contributed by atoms with Crippen LogP contribution in [0.3, 0.4) is 0 Å². The third-order valence-electron chi connectivity index (χ3n) is 3.21. The molecule has 0 atom stereocenters. The number of aryl methyl sites for hydroxylation is 1. The first-order valence-corrected chi connectivity index (χ1v) is 7.73. The predicted molar refractivity (Wildman–Crippen MR) is 85.0 cm³/mol. The predicted octanol–water partition coefficient (Wildman–Crippen LogP) is 3.21. The van der Waals surface area contributed by atoms with Gasteiger partial charge < -0.3 is 9.30 Å². The van der Waals surface area contributed by atoms with Gasteiger partial charge in [0.05, 0.1) is 17.2 Å². The first-order valence-electron chi connectivity index (χ1n) is 6.54. The lowest BCUT2D eigenvalue weighted by Crippen LogP contribution is -2.20. The van der Waals surface area contributed by atoms with Gasteiger partial charge in [-0.05, 0) is 26.0 Å². The minimum atomic E-state index is -0.326. The van der Waals surface area contributed by atoms with Gasteiger partial charge in [-0.15, -0.1) is 11.3 Å². The first-order chi connectivity index (χ1) is 10.0. The highest BCUT2D eigenvalue weighted by Crippen LogP contribution is 2.16. The lowest BCUT2D eigenvalue weighted by molar-refractivity contribution is 0.0997. The number of nitrogens with zero attached hydrogens (tertiary/aromatic N) is 2. The zero-order valence-electron chi connectivity index (χ0n) is 12.2. The van der Waals surface area contributed by atoms with Gasteiger partial charge in [-0.2, -0.15) is 4.99 Å².